The number of carbonyl (C=O) groups is 1. The molecule has 7 nitrogen and oxygen atoms in total. The van der Waals surface area contributed by atoms with Crippen molar-refractivity contribution in [2.45, 2.75) is 26.2 Å². The van der Waals surface area contributed by atoms with Crippen LogP contribution in [0, 0.1) is 6.92 Å². The summed E-state index contributed by atoms with van der Waals surface area (Å²) in [6, 6.07) is 9.38. The first-order valence-corrected chi connectivity index (χ1v) is 8.57. The van der Waals surface area contributed by atoms with E-state index in [9.17, 15) is 4.79 Å². The maximum atomic E-state index is 13.1. The Labute approximate surface area is 157 Å². The third-order valence-corrected chi connectivity index (χ3v) is 4.83. The number of anilines is 2. The molecule has 0 fully saturated rings. The summed E-state index contributed by atoms with van der Waals surface area (Å²) in [4.78, 5) is 23.3. The molecule has 2 aromatic heterocycles. The molecule has 1 aliphatic rings. The van der Waals surface area contributed by atoms with Crippen molar-refractivity contribution in [2.75, 3.05) is 12.0 Å². The Hall–Kier alpha value is -3.35. The first-order valence-electron chi connectivity index (χ1n) is 8.57. The zero-order valence-corrected chi connectivity index (χ0v) is 15.6. The van der Waals surface area contributed by atoms with Crippen LogP contribution in [0.4, 0.5) is 11.5 Å². The second-order valence-electron chi connectivity index (χ2n) is 6.95. The molecule has 0 aliphatic carbocycles. The monoisotopic (exact) mass is 361 g/mol. The van der Waals surface area contributed by atoms with Crippen molar-refractivity contribution in [3.63, 3.8) is 0 Å². The van der Waals surface area contributed by atoms with Gasteiger partial charge < -0.3 is 4.74 Å². The molecule has 136 valence electrons. The van der Waals surface area contributed by atoms with E-state index in [4.69, 9.17) is 4.74 Å². The lowest BCUT2D eigenvalue weighted by Gasteiger charge is -2.19. The minimum atomic E-state index is -0.654. The number of hydrogen-bond donors (Lipinski definition) is 0. The fourth-order valence-corrected chi connectivity index (χ4v) is 3.24. The number of aryl methyl sites for hydroxylation is 1. The molecule has 0 saturated heterocycles. The lowest BCUT2D eigenvalue weighted by atomic mass is 9.85. The van der Waals surface area contributed by atoms with E-state index < -0.39 is 5.41 Å². The van der Waals surface area contributed by atoms with Crippen molar-refractivity contribution >= 4 is 17.4 Å². The standard InChI is InChI=1S/C20H19N5O2/c1-12-21-10-14(11-22-12)13-5-6-15-16(9-13)25(19(26)20(15,2)3)17-7-8-18(27-4)24-23-17/h5-11H,1-4H3. The van der Waals surface area contributed by atoms with Crippen LogP contribution >= 0.6 is 0 Å². The molecule has 0 unspecified atom stereocenters. The summed E-state index contributed by atoms with van der Waals surface area (Å²) in [5.41, 5.74) is 2.91. The Morgan fingerprint density at radius 1 is 1.00 bits per heavy atom. The van der Waals surface area contributed by atoms with Crippen LogP contribution in [-0.4, -0.2) is 33.2 Å². The number of carbonyl (C=O) groups excluding carboxylic acids is 1. The highest BCUT2D eigenvalue weighted by atomic mass is 16.5. The second-order valence-corrected chi connectivity index (χ2v) is 6.95. The number of rotatable bonds is 3. The molecular formula is C20H19N5O2. The molecule has 7 heteroatoms. The Balaban J connectivity index is 1.84. The Bertz CT molecular complexity index is 1010. The van der Waals surface area contributed by atoms with Gasteiger partial charge in [0.25, 0.3) is 0 Å². The van der Waals surface area contributed by atoms with Gasteiger partial charge in [-0.1, -0.05) is 12.1 Å². The molecule has 0 radical (unpaired) electrons. The number of fused-ring (bicyclic) bond motifs is 1. The van der Waals surface area contributed by atoms with Crippen molar-refractivity contribution in [1.29, 1.82) is 0 Å². The van der Waals surface area contributed by atoms with Crippen LogP contribution in [0.15, 0.2) is 42.7 Å². The van der Waals surface area contributed by atoms with Gasteiger partial charge in [-0.15, -0.1) is 10.2 Å². The van der Waals surface area contributed by atoms with Gasteiger partial charge in [0.1, 0.15) is 5.82 Å². The number of amides is 1. The van der Waals surface area contributed by atoms with Gasteiger partial charge in [0.2, 0.25) is 11.8 Å². The average Bonchev–Trinajstić information content (AvgIpc) is 2.88. The third kappa shape index (κ3) is 2.71. The van der Waals surface area contributed by atoms with E-state index >= 15 is 0 Å². The highest BCUT2D eigenvalue weighted by molar-refractivity contribution is 6.12. The highest BCUT2D eigenvalue weighted by Crippen LogP contribution is 2.46. The molecule has 0 bridgehead atoms. The maximum Gasteiger partial charge on any atom is 0.242 e. The second kappa shape index (κ2) is 6.12. The zero-order chi connectivity index (χ0) is 19.2. The number of methoxy groups -OCH3 is 1. The fourth-order valence-electron chi connectivity index (χ4n) is 3.24. The van der Waals surface area contributed by atoms with Crippen molar-refractivity contribution in [2.24, 2.45) is 0 Å². The molecular weight excluding hydrogens is 342 g/mol. The molecule has 0 N–H and O–H groups in total. The molecule has 3 heterocycles. The van der Waals surface area contributed by atoms with Gasteiger partial charge in [0, 0.05) is 24.0 Å². The van der Waals surface area contributed by atoms with Crippen LogP contribution in [-0.2, 0) is 10.2 Å². The molecule has 27 heavy (non-hydrogen) atoms. The van der Waals surface area contributed by atoms with E-state index in [1.165, 1.54) is 7.11 Å². The van der Waals surface area contributed by atoms with Crippen molar-refractivity contribution in [1.82, 2.24) is 20.2 Å². The van der Waals surface area contributed by atoms with Crippen molar-refractivity contribution in [3.05, 3.63) is 54.1 Å². The summed E-state index contributed by atoms with van der Waals surface area (Å²) >= 11 is 0. The lowest BCUT2D eigenvalue weighted by Crippen LogP contribution is -2.33. The topological polar surface area (TPSA) is 81.1 Å². The predicted molar refractivity (Wildman–Crippen MR) is 101 cm³/mol. The van der Waals surface area contributed by atoms with Gasteiger partial charge in [-0.2, -0.15) is 0 Å². The fraction of sp³-hybridized carbons (Fsp3) is 0.250. The summed E-state index contributed by atoms with van der Waals surface area (Å²) < 4.78 is 5.06. The van der Waals surface area contributed by atoms with Crippen LogP contribution in [0.25, 0.3) is 11.1 Å². The van der Waals surface area contributed by atoms with Crippen LogP contribution in [0.2, 0.25) is 0 Å². The number of ether oxygens (including phenoxy) is 1. The normalized spacial score (nSPS) is 15.0. The lowest BCUT2D eigenvalue weighted by molar-refractivity contribution is -0.121. The number of benzene rings is 1. The molecule has 4 rings (SSSR count). The van der Waals surface area contributed by atoms with Gasteiger partial charge in [0.05, 0.1) is 18.2 Å². The summed E-state index contributed by atoms with van der Waals surface area (Å²) in [6.45, 7) is 5.68. The average molecular weight is 361 g/mol. The van der Waals surface area contributed by atoms with Gasteiger partial charge in [-0.3, -0.25) is 9.69 Å². The van der Waals surface area contributed by atoms with E-state index in [0.717, 1.165) is 22.4 Å². The van der Waals surface area contributed by atoms with E-state index in [2.05, 4.69) is 20.2 Å². The summed E-state index contributed by atoms with van der Waals surface area (Å²) in [5, 5.41) is 8.17. The summed E-state index contributed by atoms with van der Waals surface area (Å²) in [7, 11) is 1.53. The largest absolute Gasteiger partial charge is 0.480 e. The van der Waals surface area contributed by atoms with Crippen molar-refractivity contribution < 1.29 is 9.53 Å². The highest BCUT2D eigenvalue weighted by Gasteiger charge is 2.45. The molecule has 0 atom stereocenters. The van der Waals surface area contributed by atoms with E-state index in [1.807, 2.05) is 39.0 Å². The number of hydrogen-bond acceptors (Lipinski definition) is 6. The SMILES string of the molecule is COc1ccc(N2C(=O)C(C)(C)c3ccc(-c4cnc(C)nc4)cc32)nn1. The van der Waals surface area contributed by atoms with Crippen molar-refractivity contribution in [3.8, 4) is 17.0 Å². The molecule has 0 spiro atoms. The molecule has 3 aromatic rings. The predicted octanol–water partition coefficient (Wildman–Crippen LogP) is 3.21. The quantitative estimate of drug-likeness (QED) is 0.712. The minimum absolute atomic E-state index is 0.0470. The molecule has 1 aromatic carbocycles. The summed E-state index contributed by atoms with van der Waals surface area (Å²) in [6.07, 6.45) is 3.56. The first-order chi connectivity index (χ1) is 12.9. The summed E-state index contributed by atoms with van der Waals surface area (Å²) in [5.74, 6) is 1.53. The van der Waals surface area contributed by atoms with Crippen LogP contribution in [0.3, 0.4) is 0 Å². The number of nitrogens with zero attached hydrogens (tertiary/aromatic N) is 5. The molecule has 1 aliphatic heterocycles. The Morgan fingerprint density at radius 2 is 1.74 bits per heavy atom. The van der Waals surface area contributed by atoms with Gasteiger partial charge in [0.15, 0.2) is 5.82 Å². The van der Waals surface area contributed by atoms with Crippen LogP contribution in [0.5, 0.6) is 5.88 Å². The minimum Gasteiger partial charge on any atom is -0.480 e. The maximum absolute atomic E-state index is 13.1. The Morgan fingerprint density at radius 3 is 2.37 bits per heavy atom. The molecule has 1 amide bonds. The van der Waals surface area contributed by atoms with Gasteiger partial charge in [-0.05, 0) is 44.0 Å². The Kier molecular flexibility index (Phi) is 3.87. The van der Waals surface area contributed by atoms with Gasteiger partial charge >= 0.3 is 0 Å². The smallest absolute Gasteiger partial charge is 0.242 e. The van der Waals surface area contributed by atoms with Gasteiger partial charge in [-0.25, -0.2) is 9.97 Å². The molecule has 0 saturated carbocycles. The van der Waals surface area contributed by atoms with E-state index in [-0.39, 0.29) is 5.91 Å². The van der Waals surface area contributed by atoms with E-state index in [0.29, 0.717) is 17.5 Å². The zero-order valence-electron chi connectivity index (χ0n) is 15.6. The van der Waals surface area contributed by atoms with E-state index in [1.54, 1.807) is 29.4 Å². The van der Waals surface area contributed by atoms with Crippen LogP contribution in [0.1, 0.15) is 25.2 Å². The third-order valence-electron chi connectivity index (χ3n) is 4.83. The number of aromatic nitrogens is 4. The first kappa shape index (κ1) is 17.1. The van der Waals surface area contributed by atoms with Crippen LogP contribution < -0.4 is 9.64 Å².